The van der Waals surface area contributed by atoms with E-state index < -0.39 is 5.91 Å². The maximum absolute atomic E-state index is 12.9. The van der Waals surface area contributed by atoms with E-state index in [0.717, 1.165) is 29.8 Å². The number of hydrogen-bond donors (Lipinski definition) is 1. The number of nitrogens with zero attached hydrogens (tertiary/aromatic N) is 4. The van der Waals surface area contributed by atoms with Crippen LogP contribution >= 0.6 is 0 Å². The van der Waals surface area contributed by atoms with Gasteiger partial charge in [-0.15, -0.1) is 0 Å². The zero-order valence-corrected chi connectivity index (χ0v) is 16.0. The number of carbonyl (C=O) groups is 2. The standard InChI is InChI=1S/C21H23N5O2/c1-14-11-24(2)13-25(12-14)21(28)17-9-16-7-8-26(20(16)23-10-17)18-5-3-15(4-6-18)19(22)27/h3-10,14H,11-13H2,1-2H3,(H2,22,27)/t14-/m0/s1. The van der Waals surface area contributed by atoms with Crippen molar-refractivity contribution < 1.29 is 9.59 Å². The molecule has 1 aromatic carbocycles. The van der Waals surface area contributed by atoms with Crippen molar-refractivity contribution >= 4 is 22.8 Å². The molecule has 144 valence electrons. The van der Waals surface area contributed by atoms with Gasteiger partial charge >= 0.3 is 0 Å². The van der Waals surface area contributed by atoms with Crippen molar-refractivity contribution in [2.24, 2.45) is 11.7 Å². The molecule has 0 radical (unpaired) electrons. The zero-order chi connectivity index (χ0) is 19.8. The van der Waals surface area contributed by atoms with Gasteiger partial charge in [-0.1, -0.05) is 6.92 Å². The Bertz CT molecular complexity index is 1030. The van der Waals surface area contributed by atoms with E-state index in [1.807, 2.05) is 47.0 Å². The smallest absolute Gasteiger partial charge is 0.256 e. The first-order chi connectivity index (χ1) is 13.4. The number of fused-ring (bicyclic) bond motifs is 1. The number of rotatable bonds is 3. The summed E-state index contributed by atoms with van der Waals surface area (Å²) < 4.78 is 1.92. The van der Waals surface area contributed by atoms with Crippen molar-refractivity contribution in [1.29, 1.82) is 0 Å². The predicted molar refractivity (Wildman–Crippen MR) is 107 cm³/mol. The largest absolute Gasteiger partial charge is 0.366 e. The van der Waals surface area contributed by atoms with Crippen LogP contribution in [0.4, 0.5) is 0 Å². The van der Waals surface area contributed by atoms with Gasteiger partial charge in [0.2, 0.25) is 5.91 Å². The van der Waals surface area contributed by atoms with Crippen LogP contribution in [-0.4, -0.2) is 58.0 Å². The van der Waals surface area contributed by atoms with E-state index in [-0.39, 0.29) is 5.91 Å². The molecular weight excluding hydrogens is 354 g/mol. The number of aromatic nitrogens is 2. The lowest BCUT2D eigenvalue weighted by atomic mass is 10.1. The molecule has 0 bridgehead atoms. The molecule has 2 aromatic heterocycles. The SMILES string of the molecule is C[C@H]1CN(C)CN(C(=O)c2cnc3c(ccn3-c3ccc(C(N)=O)cc3)c2)C1. The summed E-state index contributed by atoms with van der Waals surface area (Å²) in [5.74, 6) is -0.00178. The van der Waals surface area contributed by atoms with E-state index in [1.165, 1.54) is 0 Å². The third kappa shape index (κ3) is 3.36. The average molecular weight is 377 g/mol. The second-order valence-corrected chi connectivity index (χ2v) is 7.55. The van der Waals surface area contributed by atoms with E-state index in [0.29, 0.717) is 23.7 Å². The van der Waals surface area contributed by atoms with Crippen LogP contribution in [0.25, 0.3) is 16.7 Å². The summed E-state index contributed by atoms with van der Waals surface area (Å²) in [6, 6.07) is 10.9. The highest BCUT2D eigenvalue weighted by Crippen LogP contribution is 2.21. The van der Waals surface area contributed by atoms with Crippen LogP contribution in [0.1, 0.15) is 27.6 Å². The molecular formula is C21H23N5O2. The number of nitrogens with two attached hydrogens (primary N) is 1. The fourth-order valence-corrected chi connectivity index (χ4v) is 3.84. The highest BCUT2D eigenvalue weighted by Gasteiger charge is 2.25. The number of pyridine rings is 1. The molecule has 28 heavy (non-hydrogen) atoms. The summed E-state index contributed by atoms with van der Waals surface area (Å²) in [4.78, 5) is 32.7. The maximum Gasteiger partial charge on any atom is 0.256 e. The Labute approximate surface area is 163 Å². The van der Waals surface area contributed by atoms with Crippen LogP contribution in [0.5, 0.6) is 0 Å². The lowest BCUT2D eigenvalue weighted by molar-refractivity contribution is 0.0446. The molecule has 0 unspecified atom stereocenters. The molecule has 0 saturated carbocycles. The van der Waals surface area contributed by atoms with E-state index in [4.69, 9.17) is 5.73 Å². The molecule has 1 atom stereocenters. The van der Waals surface area contributed by atoms with Crippen LogP contribution in [-0.2, 0) is 0 Å². The summed E-state index contributed by atoms with van der Waals surface area (Å²) in [7, 11) is 2.03. The quantitative estimate of drug-likeness (QED) is 0.758. The Morgan fingerprint density at radius 3 is 2.54 bits per heavy atom. The van der Waals surface area contributed by atoms with Crippen LogP contribution < -0.4 is 5.73 Å². The first-order valence-corrected chi connectivity index (χ1v) is 9.27. The Kier molecular flexibility index (Phi) is 4.60. The fraction of sp³-hybridized carbons (Fsp3) is 0.286. The van der Waals surface area contributed by atoms with E-state index in [2.05, 4.69) is 16.8 Å². The molecule has 4 rings (SSSR count). The molecule has 0 spiro atoms. The van der Waals surface area contributed by atoms with Crippen molar-refractivity contribution in [1.82, 2.24) is 19.4 Å². The lowest BCUT2D eigenvalue weighted by Gasteiger charge is -2.37. The summed E-state index contributed by atoms with van der Waals surface area (Å²) in [6.07, 6.45) is 3.54. The van der Waals surface area contributed by atoms with Gasteiger partial charge in [-0.3, -0.25) is 14.5 Å². The second-order valence-electron chi connectivity index (χ2n) is 7.55. The van der Waals surface area contributed by atoms with Crippen molar-refractivity contribution in [2.45, 2.75) is 6.92 Å². The number of carbonyl (C=O) groups excluding carboxylic acids is 2. The minimum Gasteiger partial charge on any atom is -0.366 e. The Morgan fingerprint density at radius 1 is 1.11 bits per heavy atom. The van der Waals surface area contributed by atoms with Crippen molar-refractivity contribution in [3.63, 3.8) is 0 Å². The van der Waals surface area contributed by atoms with E-state index in [9.17, 15) is 9.59 Å². The number of amides is 2. The van der Waals surface area contributed by atoms with Crippen molar-refractivity contribution in [3.05, 3.63) is 59.9 Å². The van der Waals surface area contributed by atoms with Gasteiger partial charge in [0.25, 0.3) is 5.91 Å². The highest BCUT2D eigenvalue weighted by atomic mass is 16.2. The first kappa shape index (κ1) is 18.2. The molecule has 1 aliphatic heterocycles. The van der Waals surface area contributed by atoms with Crippen molar-refractivity contribution in [3.8, 4) is 5.69 Å². The lowest BCUT2D eigenvalue weighted by Crippen LogP contribution is -2.49. The molecule has 7 heteroatoms. The molecule has 7 nitrogen and oxygen atoms in total. The monoisotopic (exact) mass is 377 g/mol. The topological polar surface area (TPSA) is 84.5 Å². The average Bonchev–Trinajstić information content (AvgIpc) is 3.10. The zero-order valence-electron chi connectivity index (χ0n) is 16.0. The van der Waals surface area contributed by atoms with Gasteiger partial charge in [-0.05, 0) is 49.4 Å². The Balaban J connectivity index is 1.62. The summed E-state index contributed by atoms with van der Waals surface area (Å²) in [5, 5.41) is 0.892. The minimum absolute atomic E-state index is 0.00589. The minimum atomic E-state index is -0.456. The molecule has 1 aliphatic rings. The summed E-state index contributed by atoms with van der Waals surface area (Å²) >= 11 is 0. The summed E-state index contributed by atoms with van der Waals surface area (Å²) in [5.41, 5.74) is 7.98. The molecule has 3 heterocycles. The number of hydrogen-bond acceptors (Lipinski definition) is 4. The molecule has 1 saturated heterocycles. The Morgan fingerprint density at radius 2 is 1.86 bits per heavy atom. The van der Waals surface area contributed by atoms with E-state index >= 15 is 0 Å². The first-order valence-electron chi connectivity index (χ1n) is 9.27. The third-order valence-corrected chi connectivity index (χ3v) is 5.06. The van der Waals surface area contributed by atoms with Gasteiger partial charge in [0, 0.05) is 42.1 Å². The van der Waals surface area contributed by atoms with Crippen LogP contribution in [0, 0.1) is 5.92 Å². The van der Waals surface area contributed by atoms with Gasteiger partial charge < -0.3 is 15.2 Å². The van der Waals surface area contributed by atoms with Gasteiger partial charge in [-0.2, -0.15) is 0 Å². The summed E-state index contributed by atoms with van der Waals surface area (Å²) in [6.45, 7) is 4.54. The fourth-order valence-electron chi connectivity index (χ4n) is 3.84. The third-order valence-electron chi connectivity index (χ3n) is 5.06. The van der Waals surface area contributed by atoms with Crippen LogP contribution in [0.15, 0.2) is 48.8 Å². The van der Waals surface area contributed by atoms with Crippen molar-refractivity contribution in [2.75, 3.05) is 26.8 Å². The van der Waals surface area contributed by atoms with E-state index in [1.54, 1.807) is 18.3 Å². The van der Waals surface area contributed by atoms with Crippen LogP contribution in [0.2, 0.25) is 0 Å². The van der Waals surface area contributed by atoms with Gasteiger partial charge in [0.05, 0.1) is 12.2 Å². The van der Waals surface area contributed by atoms with Gasteiger partial charge in [-0.25, -0.2) is 4.98 Å². The van der Waals surface area contributed by atoms with Gasteiger partial charge in [0.15, 0.2) is 0 Å². The molecule has 3 aromatic rings. The second kappa shape index (κ2) is 7.09. The van der Waals surface area contributed by atoms with Crippen LogP contribution in [0.3, 0.4) is 0 Å². The maximum atomic E-state index is 12.9. The molecule has 0 aliphatic carbocycles. The Hall–Kier alpha value is -3.19. The number of benzene rings is 1. The highest BCUT2D eigenvalue weighted by molar-refractivity contribution is 5.97. The number of primary amides is 1. The molecule has 1 fully saturated rings. The molecule has 2 amide bonds. The normalized spacial score (nSPS) is 17.8. The molecule has 2 N–H and O–H groups in total. The predicted octanol–water partition coefficient (Wildman–Crippen LogP) is 2.11. The van der Waals surface area contributed by atoms with Gasteiger partial charge in [0.1, 0.15) is 5.65 Å².